The Hall–Kier alpha value is -2.15. The van der Waals surface area contributed by atoms with E-state index in [1.54, 1.807) is 18.3 Å². The summed E-state index contributed by atoms with van der Waals surface area (Å²) in [5.74, 6) is -0.221. The third kappa shape index (κ3) is 5.42. The molecule has 0 saturated carbocycles. The molecule has 0 aliphatic carbocycles. The molecule has 0 radical (unpaired) electrons. The number of ether oxygens (including phenoxy) is 1. The summed E-state index contributed by atoms with van der Waals surface area (Å²) in [5.41, 5.74) is 2.15. The molecule has 2 aromatic rings. The summed E-state index contributed by atoms with van der Waals surface area (Å²) in [4.78, 5) is 18.9. The monoisotopic (exact) mass is 374 g/mol. The van der Waals surface area contributed by atoms with E-state index in [1.165, 1.54) is 0 Å². The molecule has 1 saturated heterocycles. The number of aromatic nitrogens is 1. The van der Waals surface area contributed by atoms with Gasteiger partial charge in [-0.2, -0.15) is 0 Å². The maximum absolute atomic E-state index is 12.3. The average molecular weight is 375 g/mol. The number of nitrogens with one attached hydrogen (secondary N) is 2. The van der Waals surface area contributed by atoms with Gasteiger partial charge in [-0.1, -0.05) is 29.8 Å². The first-order valence-corrected chi connectivity index (χ1v) is 9.12. The van der Waals surface area contributed by atoms with Crippen LogP contribution in [0.3, 0.4) is 0 Å². The van der Waals surface area contributed by atoms with Crippen molar-refractivity contribution in [3.8, 4) is 0 Å². The average Bonchev–Trinajstić information content (AvgIpc) is 2.68. The number of nitrogens with zero attached hydrogens (tertiary/aromatic N) is 2. The Morgan fingerprint density at radius 1 is 1.23 bits per heavy atom. The van der Waals surface area contributed by atoms with Crippen LogP contribution in [0.1, 0.15) is 16.1 Å². The van der Waals surface area contributed by atoms with Gasteiger partial charge in [-0.05, 0) is 23.8 Å². The summed E-state index contributed by atoms with van der Waals surface area (Å²) in [6.07, 6.45) is 1.64. The van der Waals surface area contributed by atoms with Gasteiger partial charge in [0.25, 0.3) is 5.91 Å². The van der Waals surface area contributed by atoms with Crippen LogP contribution in [0.2, 0.25) is 5.02 Å². The predicted molar refractivity (Wildman–Crippen MR) is 103 cm³/mol. The van der Waals surface area contributed by atoms with Crippen molar-refractivity contribution in [2.75, 3.05) is 44.7 Å². The minimum Gasteiger partial charge on any atom is -0.384 e. The molecule has 1 aliphatic heterocycles. The Bertz CT molecular complexity index is 735. The van der Waals surface area contributed by atoms with Crippen LogP contribution in [0.5, 0.6) is 0 Å². The summed E-state index contributed by atoms with van der Waals surface area (Å²) < 4.78 is 5.35. The fourth-order valence-corrected chi connectivity index (χ4v) is 2.96. The van der Waals surface area contributed by atoms with Crippen molar-refractivity contribution in [1.82, 2.24) is 15.2 Å². The van der Waals surface area contributed by atoms with Crippen LogP contribution in [0, 0.1) is 0 Å². The number of anilines is 1. The van der Waals surface area contributed by atoms with Crippen molar-refractivity contribution < 1.29 is 9.53 Å². The number of halogens is 1. The van der Waals surface area contributed by atoms with Crippen LogP contribution in [-0.4, -0.2) is 55.2 Å². The third-order valence-electron chi connectivity index (χ3n) is 4.25. The number of hydrogen-bond acceptors (Lipinski definition) is 5. The first-order valence-electron chi connectivity index (χ1n) is 8.74. The van der Waals surface area contributed by atoms with Crippen LogP contribution >= 0.6 is 11.6 Å². The molecule has 3 rings (SSSR count). The topological polar surface area (TPSA) is 66.5 Å². The first-order chi connectivity index (χ1) is 12.7. The Morgan fingerprint density at radius 2 is 2.04 bits per heavy atom. The smallest absolute Gasteiger partial charge is 0.270 e. The van der Waals surface area contributed by atoms with Crippen LogP contribution in [0.25, 0.3) is 0 Å². The van der Waals surface area contributed by atoms with Crippen molar-refractivity contribution in [2.45, 2.75) is 6.54 Å². The predicted octanol–water partition coefficient (Wildman–Crippen LogP) is 2.41. The number of rotatable bonds is 7. The van der Waals surface area contributed by atoms with E-state index in [4.69, 9.17) is 16.3 Å². The number of morpholine rings is 1. The van der Waals surface area contributed by atoms with Crippen molar-refractivity contribution in [3.63, 3.8) is 0 Å². The summed E-state index contributed by atoms with van der Waals surface area (Å²) in [6.45, 7) is 5.65. The van der Waals surface area contributed by atoms with E-state index in [0.29, 0.717) is 17.3 Å². The van der Waals surface area contributed by atoms with Gasteiger partial charge in [0.1, 0.15) is 5.69 Å². The van der Waals surface area contributed by atoms with E-state index in [2.05, 4.69) is 20.5 Å². The highest BCUT2D eigenvalue weighted by Crippen LogP contribution is 2.15. The van der Waals surface area contributed by atoms with Gasteiger partial charge in [-0.25, -0.2) is 0 Å². The zero-order valence-corrected chi connectivity index (χ0v) is 15.3. The number of hydrogen-bond donors (Lipinski definition) is 2. The maximum Gasteiger partial charge on any atom is 0.270 e. The highest BCUT2D eigenvalue weighted by Gasteiger charge is 2.11. The summed E-state index contributed by atoms with van der Waals surface area (Å²) in [6, 6.07) is 11.1. The van der Waals surface area contributed by atoms with Gasteiger partial charge in [0.05, 0.1) is 13.2 Å². The Balaban J connectivity index is 1.49. The summed E-state index contributed by atoms with van der Waals surface area (Å²) in [7, 11) is 0. The number of carbonyl (C=O) groups excluding carboxylic acids is 1. The molecule has 138 valence electrons. The Kier molecular flexibility index (Phi) is 6.82. The van der Waals surface area contributed by atoms with E-state index >= 15 is 0 Å². The molecule has 0 bridgehead atoms. The molecule has 1 aromatic carbocycles. The van der Waals surface area contributed by atoms with Crippen LogP contribution < -0.4 is 10.6 Å². The molecule has 1 aromatic heterocycles. The minimum atomic E-state index is -0.221. The van der Waals surface area contributed by atoms with Crippen molar-refractivity contribution in [3.05, 3.63) is 58.9 Å². The number of pyridine rings is 1. The zero-order valence-electron chi connectivity index (χ0n) is 14.6. The Labute approximate surface area is 158 Å². The zero-order chi connectivity index (χ0) is 18.2. The van der Waals surface area contributed by atoms with Gasteiger partial charge in [0.2, 0.25) is 0 Å². The van der Waals surface area contributed by atoms with Crippen molar-refractivity contribution in [1.29, 1.82) is 0 Å². The van der Waals surface area contributed by atoms with Crippen LogP contribution in [0.15, 0.2) is 42.6 Å². The quantitative estimate of drug-likeness (QED) is 0.779. The molecule has 0 unspecified atom stereocenters. The molecule has 1 fully saturated rings. The molecular weight excluding hydrogens is 352 g/mol. The van der Waals surface area contributed by atoms with Crippen molar-refractivity contribution in [2.24, 2.45) is 0 Å². The largest absolute Gasteiger partial charge is 0.384 e. The van der Waals surface area contributed by atoms with Crippen LogP contribution in [-0.2, 0) is 11.3 Å². The van der Waals surface area contributed by atoms with Gasteiger partial charge in [0.15, 0.2) is 0 Å². The lowest BCUT2D eigenvalue weighted by atomic mass is 10.2. The normalized spacial score (nSPS) is 14.8. The molecule has 1 amide bonds. The standard InChI is InChI=1S/C19H23ClN4O2/c20-17-4-2-1-3-15(17)14-23-19(25)18-13-16(5-6-22-18)21-7-8-24-9-11-26-12-10-24/h1-6,13H,7-12,14H2,(H,21,22)(H,23,25). The van der Waals surface area contributed by atoms with Crippen molar-refractivity contribution >= 4 is 23.2 Å². The van der Waals surface area contributed by atoms with Gasteiger partial charge in [-0.3, -0.25) is 14.7 Å². The highest BCUT2D eigenvalue weighted by atomic mass is 35.5. The van der Waals surface area contributed by atoms with E-state index in [-0.39, 0.29) is 5.91 Å². The third-order valence-corrected chi connectivity index (χ3v) is 4.62. The molecule has 2 heterocycles. The minimum absolute atomic E-state index is 0.221. The fraction of sp³-hybridized carbons (Fsp3) is 0.368. The first kappa shape index (κ1) is 18.6. The second-order valence-corrected chi connectivity index (χ2v) is 6.49. The molecule has 1 aliphatic rings. The van der Waals surface area contributed by atoms with Gasteiger partial charge >= 0.3 is 0 Å². The lowest BCUT2D eigenvalue weighted by molar-refractivity contribution is 0.0398. The van der Waals surface area contributed by atoms with E-state index in [0.717, 1.165) is 50.6 Å². The lowest BCUT2D eigenvalue weighted by Crippen LogP contribution is -2.39. The van der Waals surface area contributed by atoms with E-state index < -0.39 is 0 Å². The lowest BCUT2D eigenvalue weighted by Gasteiger charge is -2.26. The van der Waals surface area contributed by atoms with E-state index in [1.807, 2.05) is 24.3 Å². The Morgan fingerprint density at radius 3 is 2.85 bits per heavy atom. The summed E-state index contributed by atoms with van der Waals surface area (Å²) >= 11 is 6.11. The SMILES string of the molecule is O=C(NCc1ccccc1Cl)c1cc(NCCN2CCOCC2)ccn1. The maximum atomic E-state index is 12.3. The second-order valence-electron chi connectivity index (χ2n) is 6.08. The molecule has 26 heavy (non-hydrogen) atoms. The number of amides is 1. The highest BCUT2D eigenvalue weighted by molar-refractivity contribution is 6.31. The number of benzene rings is 1. The fourth-order valence-electron chi connectivity index (χ4n) is 2.76. The molecular formula is C19H23ClN4O2. The van der Waals surface area contributed by atoms with Gasteiger partial charge < -0.3 is 15.4 Å². The molecule has 0 spiro atoms. The van der Waals surface area contributed by atoms with Crippen LogP contribution in [0.4, 0.5) is 5.69 Å². The van der Waals surface area contributed by atoms with Gasteiger partial charge in [-0.15, -0.1) is 0 Å². The molecule has 0 atom stereocenters. The van der Waals surface area contributed by atoms with E-state index in [9.17, 15) is 4.79 Å². The van der Waals surface area contributed by atoms with Gasteiger partial charge in [0, 0.05) is 49.6 Å². The molecule has 2 N–H and O–H groups in total. The number of carbonyl (C=O) groups is 1. The molecule has 6 nitrogen and oxygen atoms in total. The molecule has 7 heteroatoms. The summed E-state index contributed by atoms with van der Waals surface area (Å²) in [5, 5.41) is 6.84. The second kappa shape index (κ2) is 9.52.